The van der Waals surface area contributed by atoms with Crippen LogP contribution in [0, 0.1) is 0 Å². The molecule has 3 N–H and O–H groups in total. The minimum absolute atomic E-state index is 0.207. The Kier molecular flexibility index (Phi) is 2.82. The summed E-state index contributed by atoms with van der Waals surface area (Å²) in [6, 6.07) is 9.08. The molecule has 92 valence electrons. The Bertz CT molecular complexity index is 571. The molecule has 2 aromatic rings. The zero-order valence-electron chi connectivity index (χ0n) is 9.85. The van der Waals surface area contributed by atoms with Crippen molar-refractivity contribution in [2.24, 2.45) is 0 Å². The zero-order chi connectivity index (χ0) is 12.4. The van der Waals surface area contributed by atoms with Gasteiger partial charge < -0.3 is 15.7 Å². The van der Waals surface area contributed by atoms with Crippen LogP contribution in [0.2, 0.25) is 0 Å². The van der Waals surface area contributed by atoms with Crippen LogP contribution in [0.1, 0.15) is 11.3 Å². The first kappa shape index (κ1) is 11.0. The Morgan fingerprint density at radius 2 is 2.11 bits per heavy atom. The molecule has 1 aliphatic heterocycles. The topological polar surface area (TPSA) is 70.1 Å². The number of hydrogen-bond acceptors (Lipinski definition) is 5. The number of rotatable bonds is 2. The number of nitrogens with zero attached hydrogens (tertiary/aromatic N) is 2. The fourth-order valence-corrected chi connectivity index (χ4v) is 2.03. The van der Waals surface area contributed by atoms with E-state index in [1.165, 1.54) is 5.56 Å². The molecule has 0 radical (unpaired) electrons. The molecule has 5 heteroatoms. The molecule has 1 aliphatic rings. The van der Waals surface area contributed by atoms with E-state index in [9.17, 15) is 5.11 Å². The van der Waals surface area contributed by atoms with Gasteiger partial charge in [-0.1, -0.05) is 12.1 Å². The first-order valence-corrected chi connectivity index (χ1v) is 5.94. The Balaban J connectivity index is 1.87. The van der Waals surface area contributed by atoms with E-state index in [-0.39, 0.29) is 5.75 Å². The average molecular weight is 242 g/mol. The Labute approximate surface area is 105 Å². The van der Waals surface area contributed by atoms with Crippen molar-refractivity contribution in [1.82, 2.24) is 15.5 Å². The van der Waals surface area contributed by atoms with Gasteiger partial charge in [0, 0.05) is 6.54 Å². The molecule has 3 rings (SSSR count). The molecule has 1 aromatic heterocycles. The third kappa shape index (κ3) is 2.12. The number of fused-ring (bicyclic) bond motifs is 1. The van der Waals surface area contributed by atoms with Gasteiger partial charge in [0.25, 0.3) is 0 Å². The lowest BCUT2D eigenvalue weighted by Crippen LogP contribution is -2.25. The summed E-state index contributed by atoms with van der Waals surface area (Å²) in [6.07, 6.45) is 0.959. The monoisotopic (exact) mass is 242 g/mol. The second-order valence-electron chi connectivity index (χ2n) is 4.27. The van der Waals surface area contributed by atoms with E-state index < -0.39 is 0 Å². The van der Waals surface area contributed by atoms with Crippen molar-refractivity contribution in [3.8, 4) is 5.75 Å². The SMILES string of the molecule is Oc1ccccc1Nc1cc2c(nn1)CNCC2. The summed E-state index contributed by atoms with van der Waals surface area (Å²) in [5, 5.41) is 24.3. The molecule has 1 aromatic carbocycles. The maximum atomic E-state index is 9.69. The lowest BCUT2D eigenvalue weighted by molar-refractivity contribution is 0.477. The Morgan fingerprint density at radius 1 is 1.22 bits per heavy atom. The smallest absolute Gasteiger partial charge is 0.153 e. The fourth-order valence-electron chi connectivity index (χ4n) is 2.03. The Morgan fingerprint density at radius 3 is 3.00 bits per heavy atom. The van der Waals surface area contributed by atoms with Crippen molar-refractivity contribution in [2.45, 2.75) is 13.0 Å². The van der Waals surface area contributed by atoms with Crippen LogP contribution in [0.5, 0.6) is 5.75 Å². The zero-order valence-corrected chi connectivity index (χ0v) is 9.85. The summed E-state index contributed by atoms with van der Waals surface area (Å²) in [5.41, 5.74) is 2.85. The number of phenolic OH excluding ortho intramolecular Hbond substituents is 1. The van der Waals surface area contributed by atoms with E-state index in [1.807, 2.05) is 12.1 Å². The van der Waals surface area contributed by atoms with Gasteiger partial charge in [-0.15, -0.1) is 5.10 Å². The fraction of sp³-hybridized carbons (Fsp3) is 0.231. The van der Waals surface area contributed by atoms with Crippen molar-refractivity contribution >= 4 is 11.5 Å². The quantitative estimate of drug-likeness (QED) is 0.697. The van der Waals surface area contributed by atoms with E-state index in [0.717, 1.165) is 25.2 Å². The number of benzene rings is 1. The lowest BCUT2D eigenvalue weighted by Gasteiger charge is -2.16. The molecule has 0 unspecified atom stereocenters. The van der Waals surface area contributed by atoms with Gasteiger partial charge in [0.15, 0.2) is 5.82 Å². The lowest BCUT2D eigenvalue weighted by atomic mass is 10.1. The molecule has 18 heavy (non-hydrogen) atoms. The third-order valence-electron chi connectivity index (χ3n) is 2.99. The predicted octanol–water partition coefficient (Wildman–Crippen LogP) is 1.57. The molecular formula is C13H14N4O. The maximum Gasteiger partial charge on any atom is 0.153 e. The van der Waals surface area contributed by atoms with Crippen LogP contribution >= 0.6 is 0 Å². The number of phenols is 1. The van der Waals surface area contributed by atoms with Gasteiger partial charge in [-0.3, -0.25) is 0 Å². The van der Waals surface area contributed by atoms with Crippen LogP contribution in [0.3, 0.4) is 0 Å². The summed E-state index contributed by atoms with van der Waals surface area (Å²) < 4.78 is 0. The van der Waals surface area contributed by atoms with Crippen molar-refractivity contribution < 1.29 is 5.11 Å². The second-order valence-corrected chi connectivity index (χ2v) is 4.27. The number of anilines is 2. The maximum absolute atomic E-state index is 9.69. The van der Waals surface area contributed by atoms with Gasteiger partial charge in [0.2, 0.25) is 0 Å². The first-order valence-electron chi connectivity index (χ1n) is 5.94. The van der Waals surface area contributed by atoms with Crippen LogP contribution in [0.25, 0.3) is 0 Å². The highest BCUT2D eigenvalue weighted by Crippen LogP contribution is 2.25. The van der Waals surface area contributed by atoms with Crippen molar-refractivity contribution in [2.75, 3.05) is 11.9 Å². The number of aromatic nitrogens is 2. The van der Waals surface area contributed by atoms with Crippen LogP contribution in [-0.2, 0) is 13.0 Å². The molecule has 2 heterocycles. The van der Waals surface area contributed by atoms with Crippen molar-refractivity contribution in [3.05, 3.63) is 41.6 Å². The van der Waals surface area contributed by atoms with E-state index in [0.29, 0.717) is 11.5 Å². The normalized spacial score (nSPS) is 14.0. The highest BCUT2D eigenvalue weighted by molar-refractivity contribution is 5.63. The predicted molar refractivity (Wildman–Crippen MR) is 68.8 cm³/mol. The third-order valence-corrected chi connectivity index (χ3v) is 2.99. The molecule has 0 amide bonds. The molecule has 0 saturated heterocycles. The number of aromatic hydroxyl groups is 1. The summed E-state index contributed by atoms with van der Waals surface area (Å²) in [6.45, 7) is 1.74. The van der Waals surface area contributed by atoms with Crippen LogP contribution < -0.4 is 10.6 Å². The number of nitrogens with one attached hydrogen (secondary N) is 2. The summed E-state index contributed by atoms with van der Waals surface area (Å²) >= 11 is 0. The minimum Gasteiger partial charge on any atom is -0.506 e. The minimum atomic E-state index is 0.207. The van der Waals surface area contributed by atoms with Gasteiger partial charge in [-0.25, -0.2) is 0 Å². The molecule has 0 saturated carbocycles. The standard InChI is InChI=1S/C13H14N4O/c18-12-4-2-1-3-10(12)15-13-7-9-5-6-14-8-11(9)16-17-13/h1-4,7,14,18H,5-6,8H2,(H,15,17). The molecule has 0 aliphatic carbocycles. The molecule has 5 nitrogen and oxygen atoms in total. The van der Waals surface area contributed by atoms with E-state index in [1.54, 1.807) is 18.2 Å². The first-order chi connectivity index (χ1) is 8.83. The van der Waals surface area contributed by atoms with Gasteiger partial charge in [0.1, 0.15) is 5.75 Å². The largest absolute Gasteiger partial charge is 0.506 e. The second kappa shape index (κ2) is 4.62. The molecule has 0 atom stereocenters. The number of hydrogen-bond donors (Lipinski definition) is 3. The summed E-state index contributed by atoms with van der Waals surface area (Å²) in [5.74, 6) is 0.871. The molecule has 0 spiro atoms. The van der Waals surface area contributed by atoms with Crippen molar-refractivity contribution in [1.29, 1.82) is 0 Å². The molecular weight excluding hydrogens is 228 g/mol. The van der Waals surface area contributed by atoms with E-state index in [2.05, 4.69) is 20.8 Å². The van der Waals surface area contributed by atoms with Crippen LogP contribution in [0.15, 0.2) is 30.3 Å². The highest BCUT2D eigenvalue weighted by atomic mass is 16.3. The Hall–Kier alpha value is -2.14. The van der Waals surface area contributed by atoms with Gasteiger partial charge in [-0.05, 0) is 36.7 Å². The van der Waals surface area contributed by atoms with Gasteiger partial charge in [-0.2, -0.15) is 5.10 Å². The van der Waals surface area contributed by atoms with E-state index >= 15 is 0 Å². The molecule has 0 bridgehead atoms. The summed E-state index contributed by atoms with van der Waals surface area (Å²) in [7, 11) is 0. The highest BCUT2D eigenvalue weighted by Gasteiger charge is 2.11. The van der Waals surface area contributed by atoms with Crippen LogP contribution in [0.4, 0.5) is 11.5 Å². The van der Waals surface area contributed by atoms with Crippen LogP contribution in [-0.4, -0.2) is 21.8 Å². The van der Waals surface area contributed by atoms with Gasteiger partial charge in [0.05, 0.1) is 11.4 Å². The molecule has 0 fully saturated rings. The number of para-hydroxylation sites is 2. The average Bonchev–Trinajstić information content (AvgIpc) is 2.41. The van der Waals surface area contributed by atoms with Crippen molar-refractivity contribution in [3.63, 3.8) is 0 Å². The summed E-state index contributed by atoms with van der Waals surface area (Å²) in [4.78, 5) is 0. The van der Waals surface area contributed by atoms with E-state index in [4.69, 9.17) is 0 Å². The van der Waals surface area contributed by atoms with Gasteiger partial charge >= 0.3 is 0 Å².